The molecule has 3 aliphatic carbocycles. The number of nitrogens with two attached hydrogens (primary N) is 2. The highest BCUT2D eigenvalue weighted by atomic mass is 19.1. The standard InChI is InChI=1S/C22H29FN2O.C5H11N/c23-18-9-6-7-16(14-18)13-17-8-4-5-12-20(21(24)15-26)22(17)25-19-10-2-1-3-11-19;6-5-3-1-2-4-5/h6-7,9,14-15,17,19H,1-5,8,10-13,24H2;5H,1-4,6H2/b21-20-,25-22?;. The van der Waals surface area contributed by atoms with Crippen LogP contribution in [0, 0.1) is 11.7 Å². The van der Waals surface area contributed by atoms with Crippen LogP contribution in [-0.4, -0.2) is 24.1 Å². The number of aliphatic imine (C=N–C) groups is 1. The highest BCUT2D eigenvalue weighted by molar-refractivity contribution is 6.05. The fourth-order valence-electron chi connectivity index (χ4n) is 5.26. The van der Waals surface area contributed by atoms with E-state index in [1.54, 1.807) is 12.1 Å². The van der Waals surface area contributed by atoms with Crippen LogP contribution in [0.25, 0.3) is 0 Å². The van der Waals surface area contributed by atoms with Crippen LogP contribution in [0.4, 0.5) is 4.39 Å². The number of carbonyl (C=O) groups is 1. The molecule has 1 aromatic carbocycles. The maximum absolute atomic E-state index is 13.6. The van der Waals surface area contributed by atoms with Gasteiger partial charge in [0.05, 0.1) is 11.7 Å². The number of aldehydes is 1. The molecule has 1 aromatic rings. The SMILES string of the molecule is N/C(C=O)=C1/CCCCC(Cc2cccc(F)c2)C1=NC1CCCCC1.NC1CCCC1. The number of carbonyl (C=O) groups excluding carboxylic acids is 1. The van der Waals surface area contributed by atoms with E-state index in [9.17, 15) is 9.18 Å². The van der Waals surface area contributed by atoms with E-state index in [4.69, 9.17) is 16.5 Å². The maximum atomic E-state index is 13.6. The molecule has 5 heteroatoms. The Morgan fingerprint density at radius 1 is 1.00 bits per heavy atom. The van der Waals surface area contributed by atoms with Crippen LogP contribution < -0.4 is 11.5 Å². The van der Waals surface area contributed by atoms with Crippen molar-refractivity contribution in [3.63, 3.8) is 0 Å². The minimum atomic E-state index is -0.204. The van der Waals surface area contributed by atoms with Crippen LogP contribution >= 0.6 is 0 Å². The molecule has 0 saturated heterocycles. The molecular formula is C27H40FN3O. The molecule has 0 heterocycles. The molecule has 32 heavy (non-hydrogen) atoms. The first kappa shape index (κ1) is 24.6. The predicted molar refractivity (Wildman–Crippen MR) is 130 cm³/mol. The second kappa shape index (κ2) is 12.9. The summed E-state index contributed by atoms with van der Waals surface area (Å²) in [4.78, 5) is 16.5. The van der Waals surface area contributed by atoms with Crippen molar-refractivity contribution in [2.24, 2.45) is 22.4 Å². The lowest BCUT2D eigenvalue weighted by Gasteiger charge is -2.24. The zero-order valence-corrected chi connectivity index (χ0v) is 19.4. The highest BCUT2D eigenvalue weighted by Gasteiger charge is 2.26. The number of hydrogen-bond donors (Lipinski definition) is 2. The summed E-state index contributed by atoms with van der Waals surface area (Å²) in [6.07, 6.45) is 16.6. The lowest BCUT2D eigenvalue weighted by molar-refractivity contribution is -0.105. The van der Waals surface area contributed by atoms with Crippen molar-refractivity contribution in [3.8, 4) is 0 Å². The molecular weight excluding hydrogens is 401 g/mol. The summed E-state index contributed by atoms with van der Waals surface area (Å²) in [5.74, 6) is -0.000196. The van der Waals surface area contributed by atoms with Gasteiger partial charge in [-0.05, 0) is 74.6 Å². The van der Waals surface area contributed by atoms with Crippen molar-refractivity contribution in [3.05, 3.63) is 46.9 Å². The zero-order valence-electron chi connectivity index (χ0n) is 19.4. The van der Waals surface area contributed by atoms with Crippen LogP contribution in [0.5, 0.6) is 0 Å². The quantitative estimate of drug-likeness (QED) is 0.361. The van der Waals surface area contributed by atoms with E-state index in [0.717, 1.165) is 68.1 Å². The third kappa shape index (κ3) is 7.54. The monoisotopic (exact) mass is 441 g/mol. The Kier molecular flexibility index (Phi) is 9.91. The van der Waals surface area contributed by atoms with Crippen molar-refractivity contribution >= 4 is 12.0 Å². The molecule has 3 aliphatic rings. The normalized spacial score (nSPS) is 25.7. The smallest absolute Gasteiger partial charge is 0.166 e. The Morgan fingerprint density at radius 3 is 2.31 bits per heavy atom. The summed E-state index contributed by atoms with van der Waals surface area (Å²) in [6, 6.07) is 7.69. The molecule has 0 spiro atoms. The van der Waals surface area contributed by atoms with Gasteiger partial charge in [0, 0.05) is 17.7 Å². The number of benzene rings is 1. The molecule has 3 fully saturated rings. The van der Waals surface area contributed by atoms with Gasteiger partial charge in [-0.2, -0.15) is 0 Å². The molecule has 0 radical (unpaired) electrons. The van der Waals surface area contributed by atoms with E-state index in [1.165, 1.54) is 51.0 Å². The molecule has 1 unspecified atom stereocenters. The average molecular weight is 442 g/mol. The molecule has 4 nitrogen and oxygen atoms in total. The number of hydrogen-bond acceptors (Lipinski definition) is 4. The van der Waals surface area contributed by atoms with Gasteiger partial charge in [0.15, 0.2) is 6.29 Å². The van der Waals surface area contributed by atoms with Crippen LogP contribution in [0.3, 0.4) is 0 Å². The summed E-state index contributed by atoms with van der Waals surface area (Å²) in [6.45, 7) is 0. The van der Waals surface area contributed by atoms with Gasteiger partial charge in [0.1, 0.15) is 5.82 Å². The Hall–Kier alpha value is -2.01. The van der Waals surface area contributed by atoms with Crippen molar-refractivity contribution in [1.29, 1.82) is 0 Å². The van der Waals surface area contributed by atoms with Gasteiger partial charge in [0.25, 0.3) is 0 Å². The van der Waals surface area contributed by atoms with Gasteiger partial charge >= 0.3 is 0 Å². The van der Waals surface area contributed by atoms with Crippen LogP contribution in [-0.2, 0) is 11.2 Å². The molecule has 0 aliphatic heterocycles. The third-order valence-corrected chi connectivity index (χ3v) is 7.07. The predicted octanol–water partition coefficient (Wildman–Crippen LogP) is 5.63. The van der Waals surface area contributed by atoms with Crippen molar-refractivity contribution in [1.82, 2.24) is 0 Å². The van der Waals surface area contributed by atoms with Crippen molar-refractivity contribution in [2.75, 3.05) is 0 Å². The molecule has 4 rings (SSSR count). The first-order valence-electron chi connectivity index (χ1n) is 12.6. The molecule has 0 amide bonds. The Morgan fingerprint density at radius 2 is 1.69 bits per heavy atom. The first-order chi connectivity index (χ1) is 15.6. The summed E-state index contributed by atoms with van der Waals surface area (Å²) < 4.78 is 13.6. The summed E-state index contributed by atoms with van der Waals surface area (Å²) in [7, 11) is 0. The lowest BCUT2D eigenvalue weighted by atomic mass is 9.87. The first-order valence-corrected chi connectivity index (χ1v) is 12.6. The highest BCUT2D eigenvalue weighted by Crippen LogP contribution is 2.31. The molecule has 0 aromatic heterocycles. The largest absolute Gasteiger partial charge is 0.396 e. The minimum absolute atomic E-state index is 0.203. The van der Waals surface area contributed by atoms with Crippen molar-refractivity contribution in [2.45, 2.75) is 102 Å². The van der Waals surface area contributed by atoms with Gasteiger partial charge in [-0.3, -0.25) is 9.79 Å². The van der Waals surface area contributed by atoms with E-state index in [2.05, 4.69) is 0 Å². The summed E-state index contributed by atoms with van der Waals surface area (Å²) >= 11 is 0. The average Bonchev–Trinajstić information content (AvgIpc) is 3.20. The number of allylic oxidation sites excluding steroid dienone is 2. The molecule has 3 saturated carbocycles. The van der Waals surface area contributed by atoms with Crippen LogP contribution in [0.15, 0.2) is 40.5 Å². The van der Waals surface area contributed by atoms with Gasteiger partial charge in [0.2, 0.25) is 0 Å². The summed E-state index contributed by atoms with van der Waals surface area (Å²) in [5, 5.41) is 0. The summed E-state index contributed by atoms with van der Waals surface area (Å²) in [5.41, 5.74) is 14.9. The lowest BCUT2D eigenvalue weighted by Crippen LogP contribution is -2.24. The van der Waals surface area contributed by atoms with E-state index in [0.29, 0.717) is 17.8 Å². The van der Waals surface area contributed by atoms with Crippen LogP contribution in [0.1, 0.15) is 89.0 Å². The number of halogens is 1. The Bertz CT molecular complexity index is 792. The van der Waals surface area contributed by atoms with Gasteiger partial charge < -0.3 is 11.5 Å². The van der Waals surface area contributed by atoms with E-state index in [1.807, 2.05) is 6.07 Å². The van der Waals surface area contributed by atoms with E-state index in [-0.39, 0.29) is 11.7 Å². The number of rotatable bonds is 4. The van der Waals surface area contributed by atoms with E-state index < -0.39 is 0 Å². The Labute approximate surface area is 192 Å². The van der Waals surface area contributed by atoms with Gasteiger partial charge in [-0.25, -0.2) is 4.39 Å². The maximum Gasteiger partial charge on any atom is 0.166 e. The third-order valence-electron chi connectivity index (χ3n) is 7.07. The Balaban J connectivity index is 0.000000416. The fraction of sp³-hybridized carbons (Fsp3) is 0.630. The molecule has 0 bridgehead atoms. The second-order valence-corrected chi connectivity index (χ2v) is 9.68. The molecule has 176 valence electrons. The molecule has 4 N–H and O–H groups in total. The minimum Gasteiger partial charge on any atom is -0.396 e. The van der Waals surface area contributed by atoms with E-state index >= 15 is 0 Å². The zero-order chi connectivity index (χ0) is 22.8. The van der Waals surface area contributed by atoms with Gasteiger partial charge in [-0.15, -0.1) is 0 Å². The second-order valence-electron chi connectivity index (χ2n) is 9.68. The molecule has 1 atom stereocenters. The van der Waals surface area contributed by atoms with Gasteiger partial charge in [-0.1, -0.05) is 50.7 Å². The van der Waals surface area contributed by atoms with Crippen LogP contribution in [0.2, 0.25) is 0 Å². The van der Waals surface area contributed by atoms with Crippen molar-refractivity contribution < 1.29 is 9.18 Å². The topological polar surface area (TPSA) is 81.5 Å². The number of nitrogens with zero attached hydrogens (tertiary/aromatic N) is 1. The fourth-order valence-corrected chi connectivity index (χ4v) is 5.26.